The number of carbonyl (C=O) groups excluding carboxylic acids is 2. The normalized spacial score (nSPS) is 10.5. The smallest absolute Gasteiger partial charge is 0.311 e. The molecule has 1 aromatic heterocycles. The molecule has 0 aliphatic heterocycles. The molecule has 5 nitrogen and oxygen atoms in total. The first-order chi connectivity index (χ1) is 14.2. The number of benzene rings is 2. The van der Waals surface area contributed by atoms with Gasteiger partial charge in [-0.15, -0.1) is 0 Å². The summed E-state index contributed by atoms with van der Waals surface area (Å²) in [6.07, 6.45) is 7.57. The molecule has 0 N–H and O–H groups in total. The maximum atomic E-state index is 12.4. The molecule has 0 saturated carbocycles. The summed E-state index contributed by atoms with van der Waals surface area (Å²) in [5.41, 5.74) is 3.76. The van der Waals surface area contributed by atoms with E-state index >= 15 is 0 Å². The van der Waals surface area contributed by atoms with E-state index in [1.807, 2.05) is 43.3 Å². The zero-order valence-corrected chi connectivity index (χ0v) is 16.5. The molecule has 5 heteroatoms. The fourth-order valence-corrected chi connectivity index (χ4v) is 3.05. The van der Waals surface area contributed by atoms with Crippen LogP contribution in [0, 0.1) is 0 Å². The second kappa shape index (κ2) is 10.3. The lowest BCUT2D eigenvalue weighted by Crippen LogP contribution is -2.10. The van der Waals surface area contributed by atoms with Crippen LogP contribution < -0.4 is 4.74 Å². The number of hydrogen-bond acceptors (Lipinski definition) is 5. The predicted octanol–water partition coefficient (Wildman–Crippen LogP) is 4.59. The minimum atomic E-state index is -0.291. The molecule has 0 saturated heterocycles. The highest BCUT2D eigenvalue weighted by Gasteiger charge is 2.11. The van der Waals surface area contributed by atoms with Gasteiger partial charge in [-0.05, 0) is 30.0 Å². The number of nitrogens with zero attached hydrogens (tertiary/aromatic N) is 2. The lowest BCUT2D eigenvalue weighted by Gasteiger charge is -2.10. The van der Waals surface area contributed by atoms with E-state index in [9.17, 15) is 9.59 Å². The summed E-state index contributed by atoms with van der Waals surface area (Å²) in [7, 11) is 0. The number of ketones is 1. The van der Waals surface area contributed by atoms with Gasteiger partial charge < -0.3 is 4.74 Å². The first-order valence-electron chi connectivity index (χ1n) is 9.80. The average molecular weight is 388 g/mol. The van der Waals surface area contributed by atoms with Gasteiger partial charge in [0.15, 0.2) is 0 Å². The molecule has 0 bridgehead atoms. The molecule has 0 spiro atoms. The van der Waals surface area contributed by atoms with Crippen molar-refractivity contribution in [1.29, 1.82) is 0 Å². The third-order valence-electron chi connectivity index (χ3n) is 4.68. The molecule has 29 heavy (non-hydrogen) atoms. The van der Waals surface area contributed by atoms with Crippen LogP contribution in [0.1, 0.15) is 37.3 Å². The molecule has 0 amide bonds. The first kappa shape index (κ1) is 20.4. The van der Waals surface area contributed by atoms with Crippen molar-refractivity contribution in [1.82, 2.24) is 9.97 Å². The van der Waals surface area contributed by atoms with Gasteiger partial charge in [0, 0.05) is 42.8 Å². The van der Waals surface area contributed by atoms with Crippen LogP contribution in [-0.2, 0) is 22.4 Å². The van der Waals surface area contributed by atoms with Gasteiger partial charge in [0.25, 0.3) is 0 Å². The summed E-state index contributed by atoms with van der Waals surface area (Å²) >= 11 is 0. The minimum Gasteiger partial charge on any atom is -0.426 e. The van der Waals surface area contributed by atoms with Gasteiger partial charge in [0.2, 0.25) is 0 Å². The van der Waals surface area contributed by atoms with Gasteiger partial charge >= 0.3 is 5.97 Å². The molecular formula is C24H24N2O3. The molecule has 3 aromatic rings. The lowest BCUT2D eigenvalue weighted by molar-refractivity contribution is -0.134. The second-order valence-electron chi connectivity index (χ2n) is 6.81. The van der Waals surface area contributed by atoms with E-state index in [1.165, 1.54) is 6.33 Å². The topological polar surface area (TPSA) is 69.2 Å². The molecule has 3 rings (SSSR count). The van der Waals surface area contributed by atoms with Crippen LogP contribution in [0.3, 0.4) is 0 Å². The Morgan fingerprint density at radius 3 is 2.31 bits per heavy atom. The van der Waals surface area contributed by atoms with Crippen LogP contribution in [0.4, 0.5) is 0 Å². The second-order valence-corrected chi connectivity index (χ2v) is 6.81. The van der Waals surface area contributed by atoms with E-state index in [0.717, 1.165) is 28.7 Å². The Morgan fingerprint density at radius 2 is 1.59 bits per heavy atom. The zero-order chi connectivity index (χ0) is 20.5. The average Bonchev–Trinajstić information content (AvgIpc) is 2.77. The quantitative estimate of drug-likeness (QED) is 0.396. The molecule has 2 aromatic carbocycles. The highest BCUT2D eigenvalue weighted by atomic mass is 16.5. The molecule has 0 atom stereocenters. The largest absolute Gasteiger partial charge is 0.426 e. The van der Waals surface area contributed by atoms with Gasteiger partial charge in [-0.25, -0.2) is 9.97 Å². The Bertz CT molecular complexity index is 971. The number of carbonyl (C=O) groups is 2. The van der Waals surface area contributed by atoms with Crippen LogP contribution >= 0.6 is 0 Å². The van der Waals surface area contributed by atoms with Gasteiger partial charge in [-0.2, -0.15) is 0 Å². The molecule has 148 valence electrons. The van der Waals surface area contributed by atoms with Crippen LogP contribution in [0.15, 0.2) is 67.3 Å². The van der Waals surface area contributed by atoms with Gasteiger partial charge in [-0.1, -0.05) is 49.4 Å². The Labute approximate surface area is 170 Å². The van der Waals surface area contributed by atoms with E-state index in [1.54, 1.807) is 18.5 Å². The van der Waals surface area contributed by atoms with Crippen LogP contribution in [0.25, 0.3) is 11.1 Å². The van der Waals surface area contributed by atoms with E-state index in [2.05, 4.69) is 16.0 Å². The fourth-order valence-electron chi connectivity index (χ4n) is 3.05. The van der Waals surface area contributed by atoms with E-state index in [4.69, 9.17) is 4.74 Å². The van der Waals surface area contributed by atoms with Crippen LogP contribution in [0.5, 0.6) is 5.75 Å². The summed E-state index contributed by atoms with van der Waals surface area (Å²) < 4.78 is 5.61. The molecule has 0 unspecified atom stereocenters. The maximum Gasteiger partial charge on any atom is 0.311 e. The molecule has 0 aliphatic rings. The standard InChI is InChI=1S/C24H24N2O3/c1-2-21(27)12-10-18-6-5-7-19(14-18)11-13-24(28)29-23-9-4-3-8-22(23)20-15-25-17-26-16-20/h3-9,14-17H,2,10-13H2,1H3. The van der Waals surface area contributed by atoms with Crippen molar-refractivity contribution in [3.8, 4) is 16.9 Å². The first-order valence-corrected chi connectivity index (χ1v) is 9.80. The number of para-hydroxylation sites is 1. The molecular weight excluding hydrogens is 364 g/mol. The number of aromatic nitrogens is 2. The third-order valence-corrected chi connectivity index (χ3v) is 4.68. The summed E-state index contributed by atoms with van der Waals surface area (Å²) in [4.78, 5) is 32.0. The summed E-state index contributed by atoms with van der Waals surface area (Å²) in [5, 5.41) is 0. The van der Waals surface area contributed by atoms with Crippen molar-refractivity contribution in [2.45, 2.75) is 39.0 Å². The molecule has 1 heterocycles. The number of esters is 1. The number of hydrogen-bond donors (Lipinski definition) is 0. The minimum absolute atomic E-state index is 0.265. The summed E-state index contributed by atoms with van der Waals surface area (Å²) in [6.45, 7) is 1.88. The van der Waals surface area contributed by atoms with Gasteiger partial charge in [-0.3, -0.25) is 9.59 Å². The van der Waals surface area contributed by atoms with Crippen molar-refractivity contribution in [2.24, 2.45) is 0 Å². The van der Waals surface area contributed by atoms with Gasteiger partial charge in [0.05, 0.1) is 0 Å². The zero-order valence-electron chi connectivity index (χ0n) is 16.5. The number of rotatable bonds is 9. The summed E-state index contributed by atoms with van der Waals surface area (Å²) in [5.74, 6) is 0.474. The Morgan fingerprint density at radius 1 is 0.897 bits per heavy atom. The van der Waals surface area contributed by atoms with E-state index in [-0.39, 0.29) is 18.2 Å². The monoisotopic (exact) mass is 388 g/mol. The maximum absolute atomic E-state index is 12.4. The van der Waals surface area contributed by atoms with Crippen molar-refractivity contribution in [2.75, 3.05) is 0 Å². The van der Waals surface area contributed by atoms with Gasteiger partial charge in [0.1, 0.15) is 17.9 Å². The van der Waals surface area contributed by atoms with Crippen LogP contribution in [0.2, 0.25) is 0 Å². The number of ether oxygens (including phenoxy) is 1. The predicted molar refractivity (Wildman–Crippen MR) is 111 cm³/mol. The Balaban J connectivity index is 1.59. The van der Waals surface area contributed by atoms with Crippen molar-refractivity contribution < 1.29 is 14.3 Å². The Hall–Kier alpha value is -3.34. The highest BCUT2D eigenvalue weighted by molar-refractivity contribution is 5.78. The van der Waals surface area contributed by atoms with Crippen molar-refractivity contribution in [3.63, 3.8) is 0 Å². The van der Waals surface area contributed by atoms with E-state index < -0.39 is 0 Å². The highest BCUT2D eigenvalue weighted by Crippen LogP contribution is 2.29. The number of Topliss-reactive ketones (excluding diaryl/α,β-unsaturated/α-hetero) is 1. The van der Waals surface area contributed by atoms with E-state index in [0.29, 0.717) is 25.0 Å². The van der Waals surface area contributed by atoms with Crippen LogP contribution in [-0.4, -0.2) is 21.7 Å². The van der Waals surface area contributed by atoms with Crippen molar-refractivity contribution in [3.05, 3.63) is 78.4 Å². The fraction of sp³-hybridized carbons (Fsp3) is 0.250. The SMILES string of the molecule is CCC(=O)CCc1cccc(CCC(=O)Oc2ccccc2-c2cncnc2)c1. The molecule has 0 fully saturated rings. The molecule has 0 radical (unpaired) electrons. The Kier molecular flexibility index (Phi) is 7.22. The lowest BCUT2D eigenvalue weighted by atomic mass is 10.0. The third kappa shape index (κ3) is 6.07. The summed E-state index contributed by atoms with van der Waals surface area (Å²) in [6, 6.07) is 15.4. The van der Waals surface area contributed by atoms with Crippen molar-refractivity contribution >= 4 is 11.8 Å². The molecule has 0 aliphatic carbocycles. The number of aryl methyl sites for hydroxylation is 2.